The first-order valence-corrected chi connectivity index (χ1v) is 11.9. The molecule has 0 saturated carbocycles. The fourth-order valence-corrected chi connectivity index (χ4v) is 4.09. The summed E-state index contributed by atoms with van der Waals surface area (Å²) in [5.41, 5.74) is 1.59. The molecular formula is C26H30N2O7. The molecule has 0 spiro atoms. The number of rotatable bonds is 13. The molecule has 2 aliphatic rings. The van der Waals surface area contributed by atoms with Gasteiger partial charge in [-0.25, -0.2) is 0 Å². The second-order valence-electron chi connectivity index (χ2n) is 8.22. The van der Waals surface area contributed by atoms with Crippen molar-refractivity contribution in [1.29, 1.82) is 0 Å². The zero-order valence-electron chi connectivity index (χ0n) is 19.6. The smallest absolute Gasteiger partial charge is 0.266 e. The Morgan fingerprint density at radius 3 is 2.26 bits per heavy atom. The van der Waals surface area contributed by atoms with E-state index < -0.39 is 17.9 Å². The molecule has 2 aliphatic heterocycles. The van der Waals surface area contributed by atoms with Gasteiger partial charge in [-0.1, -0.05) is 36.4 Å². The SMILES string of the molecule is O=C1NCCCC1N1C(=O)c2cccc(OCCOCCOCCOCc3ccccc3)c2C1=O. The highest BCUT2D eigenvalue weighted by atomic mass is 16.6. The van der Waals surface area contributed by atoms with Gasteiger partial charge in [-0.2, -0.15) is 0 Å². The van der Waals surface area contributed by atoms with Crippen LogP contribution in [0.4, 0.5) is 0 Å². The van der Waals surface area contributed by atoms with E-state index in [9.17, 15) is 14.4 Å². The van der Waals surface area contributed by atoms with E-state index in [0.29, 0.717) is 58.4 Å². The number of piperidine rings is 1. The molecule has 0 aromatic heterocycles. The summed E-state index contributed by atoms with van der Waals surface area (Å²) in [5.74, 6) is -0.938. The van der Waals surface area contributed by atoms with Gasteiger partial charge in [-0.15, -0.1) is 0 Å². The lowest BCUT2D eigenvalue weighted by molar-refractivity contribution is -0.126. The number of amides is 3. The summed E-state index contributed by atoms with van der Waals surface area (Å²) < 4.78 is 22.3. The Bertz CT molecular complexity index is 1030. The quantitative estimate of drug-likeness (QED) is 0.345. The highest BCUT2D eigenvalue weighted by Crippen LogP contribution is 2.33. The van der Waals surface area contributed by atoms with Gasteiger partial charge >= 0.3 is 0 Å². The predicted molar refractivity (Wildman–Crippen MR) is 126 cm³/mol. The zero-order valence-corrected chi connectivity index (χ0v) is 19.6. The second kappa shape index (κ2) is 12.4. The largest absolute Gasteiger partial charge is 0.490 e. The average Bonchev–Trinajstić information content (AvgIpc) is 3.14. The maximum Gasteiger partial charge on any atom is 0.266 e. The van der Waals surface area contributed by atoms with Crippen LogP contribution in [-0.4, -0.2) is 74.8 Å². The van der Waals surface area contributed by atoms with Gasteiger partial charge in [0.2, 0.25) is 5.91 Å². The minimum absolute atomic E-state index is 0.203. The summed E-state index contributed by atoms with van der Waals surface area (Å²) in [5, 5.41) is 2.72. The molecule has 9 nitrogen and oxygen atoms in total. The van der Waals surface area contributed by atoms with Crippen LogP contribution in [0.3, 0.4) is 0 Å². The van der Waals surface area contributed by atoms with Crippen molar-refractivity contribution in [2.24, 2.45) is 0 Å². The van der Waals surface area contributed by atoms with Crippen LogP contribution in [0.2, 0.25) is 0 Å². The maximum atomic E-state index is 13.0. The Labute approximate surface area is 204 Å². The van der Waals surface area contributed by atoms with Gasteiger partial charge in [0.1, 0.15) is 18.4 Å². The van der Waals surface area contributed by atoms with Crippen molar-refractivity contribution in [3.63, 3.8) is 0 Å². The summed E-state index contributed by atoms with van der Waals surface area (Å²) in [6.45, 7) is 3.44. The number of hydrogen-bond donors (Lipinski definition) is 1. The molecule has 186 valence electrons. The number of carbonyl (C=O) groups excluding carboxylic acids is 3. The Morgan fingerprint density at radius 2 is 1.51 bits per heavy atom. The summed E-state index contributed by atoms with van der Waals surface area (Å²) in [6, 6.07) is 14.1. The highest BCUT2D eigenvalue weighted by molar-refractivity contribution is 6.24. The number of hydrogen-bond acceptors (Lipinski definition) is 7. The molecule has 2 heterocycles. The molecule has 0 bridgehead atoms. The third-order valence-corrected chi connectivity index (χ3v) is 5.82. The van der Waals surface area contributed by atoms with Crippen molar-refractivity contribution >= 4 is 17.7 Å². The van der Waals surface area contributed by atoms with E-state index in [1.54, 1.807) is 18.2 Å². The molecule has 1 atom stereocenters. The van der Waals surface area contributed by atoms with Gasteiger partial charge in [-0.3, -0.25) is 19.3 Å². The molecule has 1 fully saturated rings. The maximum absolute atomic E-state index is 13.0. The molecule has 1 unspecified atom stereocenters. The Hall–Kier alpha value is -3.27. The fraction of sp³-hybridized carbons (Fsp3) is 0.423. The van der Waals surface area contributed by atoms with Crippen LogP contribution in [0.25, 0.3) is 0 Å². The zero-order chi connectivity index (χ0) is 24.5. The van der Waals surface area contributed by atoms with Crippen LogP contribution < -0.4 is 10.1 Å². The molecule has 1 saturated heterocycles. The average molecular weight is 483 g/mol. The molecule has 2 aromatic carbocycles. The van der Waals surface area contributed by atoms with E-state index in [4.69, 9.17) is 18.9 Å². The Balaban J connectivity index is 1.14. The van der Waals surface area contributed by atoms with E-state index in [2.05, 4.69) is 5.32 Å². The second-order valence-corrected chi connectivity index (χ2v) is 8.22. The van der Waals surface area contributed by atoms with Gasteiger partial charge in [0, 0.05) is 6.54 Å². The van der Waals surface area contributed by atoms with Crippen molar-refractivity contribution < 1.29 is 33.3 Å². The molecule has 2 aromatic rings. The van der Waals surface area contributed by atoms with Gasteiger partial charge in [0.05, 0.1) is 50.8 Å². The van der Waals surface area contributed by atoms with E-state index in [1.807, 2.05) is 30.3 Å². The summed E-state index contributed by atoms with van der Waals surface area (Å²) in [6.07, 6.45) is 1.18. The summed E-state index contributed by atoms with van der Waals surface area (Å²) in [4.78, 5) is 39.1. The highest BCUT2D eigenvalue weighted by Gasteiger charge is 2.44. The molecule has 0 radical (unpaired) electrons. The van der Waals surface area contributed by atoms with Crippen molar-refractivity contribution in [3.8, 4) is 5.75 Å². The van der Waals surface area contributed by atoms with E-state index in [1.165, 1.54) is 0 Å². The lowest BCUT2D eigenvalue weighted by atomic mass is 10.1. The number of carbonyl (C=O) groups is 3. The minimum Gasteiger partial charge on any atom is -0.490 e. The van der Waals surface area contributed by atoms with Crippen LogP contribution in [-0.2, 0) is 25.6 Å². The number of imide groups is 1. The van der Waals surface area contributed by atoms with Gasteiger partial charge < -0.3 is 24.3 Å². The van der Waals surface area contributed by atoms with Crippen molar-refractivity contribution in [1.82, 2.24) is 10.2 Å². The monoisotopic (exact) mass is 482 g/mol. The lowest BCUT2D eigenvalue weighted by Crippen LogP contribution is -2.52. The van der Waals surface area contributed by atoms with Crippen LogP contribution in [0.5, 0.6) is 5.75 Å². The number of benzene rings is 2. The third-order valence-electron chi connectivity index (χ3n) is 5.82. The van der Waals surface area contributed by atoms with Crippen molar-refractivity contribution in [2.45, 2.75) is 25.5 Å². The van der Waals surface area contributed by atoms with E-state index >= 15 is 0 Å². The van der Waals surface area contributed by atoms with Gasteiger partial charge in [0.25, 0.3) is 11.8 Å². The molecule has 1 N–H and O–H groups in total. The first-order valence-electron chi connectivity index (χ1n) is 11.9. The Kier molecular flexibility index (Phi) is 8.83. The molecule has 4 rings (SSSR count). The van der Waals surface area contributed by atoms with Crippen molar-refractivity contribution in [3.05, 3.63) is 65.2 Å². The standard InChI is InChI=1S/C26H30N2O7/c29-24-21(9-5-11-27-24)28-25(30)20-8-4-10-22(23(20)26(28)31)35-17-16-33-13-12-32-14-15-34-18-19-6-2-1-3-7-19/h1-4,6-8,10,21H,5,9,11-18H2,(H,27,29). The topological polar surface area (TPSA) is 103 Å². The van der Waals surface area contributed by atoms with Gasteiger partial charge in [0.15, 0.2) is 0 Å². The number of fused-ring (bicyclic) bond motifs is 1. The number of ether oxygens (including phenoxy) is 4. The molecule has 3 amide bonds. The van der Waals surface area contributed by atoms with E-state index in [-0.39, 0.29) is 23.6 Å². The van der Waals surface area contributed by atoms with Crippen LogP contribution in [0.15, 0.2) is 48.5 Å². The lowest BCUT2D eigenvalue weighted by Gasteiger charge is -2.28. The number of nitrogens with one attached hydrogen (secondary N) is 1. The van der Waals surface area contributed by atoms with Gasteiger partial charge in [-0.05, 0) is 30.5 Å². The molecule has 0 aliphatic carbocycles. The minimum atomic E-state index is -0.781. The first-order chi connectivity index (χ1) is 17.2. The Morgan fingerprint density at radius 1 is 0.800 bits per heavy atom. The van der Waals surface area contributed by atoms with Crippen LogP contribution in [0.1, 0.15) is 39.1 Å². The first kappa shape index (κ1) is 24.8. The van der Waals surface area contributed by atoms with Crippen molar-refractivity contribution in [2.75, 3.05) is 46.2 Å². The molecular weight excluding hydrogens is 452 g/mol. The normalized spacial score (nSPS) is 17.4. The fourth-order valence-electron chi connectivity index (χ4n) is 4.09. The summed E-state index contributed by atoms with van der Waals surface area (Å²) in [7, 11) is 0. The van der Waals surface area contributed by atoms with Crippen LogP contribution in [0, 0.1) is 0 Å². The molecule has 35 heavy (non-hydrogen) atoms. The number of nitrogens with zero attached hydrogens (tertiary/aromatic N) is 1. The third kappa shape index (κ3) is 6.25. The predicted octanol–water partition coefficient (Wildman–Crippen LogP) is 2.19. The molecule has 9 heteroatoms. The van der Waals surface area contributed by atoms with Crippen LogP contribution >= 0.6 is 0 Å². The summed E-state index contributed by atoms with van der Waals surface area (Å²) >= 11 is 0. The van der Waals surface area contributed by atoms with E-state index in [0.717, 1.165) is 16.9 Å².